The van der Waals surface area contributed by atoms with Crippen molar-refractivity contribution in [1.29, 1.82) is 0 Å². The molecule has 21 heteroatoms. The summed E-state index contributed by atoms with van der Waals surface area (Å²) in [6.45, 7) is 8.46. The zero-order valence-electron chi connectivity index (χ0n) is 48.9. The zero-order chi connectivity index (χ0) is 61.5. The molecule has 4 bridgehead atoms. The molecule has 4 fully saturated rings. The lowest BCUT2D eigenvalue weighted by Crippen LogP contribution is -2.53. The van der Waals surface area contributed by atoms with E-state index in [0.29, 0.717) is 47.5 Å². The minimum atomic E-state index is -1.17. The van der Waals surface area contributed by atoms with Gasteiger partial charge in [0.15, 0.2) is 0 Å². The van der Waals surface area contributed by atoms with Crippen LogP contribution in [0.15, 0.2) is 121 Å². The molecule has 4 aromatic carbocycles. The molecular formula is C66H71Cl2N7O12. The Kier molecular flexibility index (Phi) is 19.7. The highest BCUT2D eigenvalue weighted by atomic mass is 35.5. The molecule has 0 saturated heterocycles. The summed E-state index contributed by atoms with van der Waals surface area (Å²) in [6, 6.07) is 35.0. The number of nitrogens with one attached hydrogen (secondary N) is 3. The first-order valence-electron chi connectivity index (χ1n) is 29.8. The average molecular weight is 1230 g/mol. The van der Waals surface area contributed by atoms with E-state index in [1.807, 2.05) is 88.4 Å². The summed E-state index contributed by atoms with van der Waals surface area (Å²) in [5.41, 5.74) is 2.98. The van der Waals surface area contributed by atoms with Crippen molar-refractivity contribution in [3.8, 4) is 0 Å². The van der Waals surface area contributed by atoms with Crippen LogP contribution in [-0.2, 0) is 51.3 Å². The summed E-state index contributed by atoms with van der Waals surface area (Å²) in [4.78, 5) is 126. The highest BCUT2D eigenvalue weighted by Crippen LogP contribution is 2.56. The number of benzene rings is 4. The first-order chi connectivity index (χ1) is 41.9. The Balaban J connectivity index is 0.866. The second kappa shape index (κ2) is 27.7. The van der Waals surface area contributed by atoms with Gasteiger partial charge < -0.3 is 39.4 Å². The molecule has 0 radical (unpaired) electrons. The molecular weight excluding hydrogens is 1150 g/mol. The molecule has 10 rings (SSSR count). The molecule has 4 aliphatic carbocycles. The molecule has 19 nitrogen and oxygen atoms in total. The molecule has 6 aromatic rings. The van der Waals surface area contributed by atoms with Crippen molar-refractivity contribution in [2.75, 3.05) is 26.2 Å². The quantitative estimate of drug-likeness (QED) is 0.0188. The Morgan fingerprint density at radius 2 is 0.885 bits per heavy atom. The van der Waals surface area contributed by atoms with Gasteiger partial charge in [-0.2, -0.15) is 0 Å². The fourth-order valence-electron chi connectivity index (χ4n) is 13.5. The van der Waals surface area contributed by atoms with Crippen molar-refractivity contribution in [1.82, 2.24) is 35.7 Å². The molecule has 2 heterocycles. The number of carbonyl (C=O) groups is 8. The van der Waals surface area contributed by atoms with E-state index in [9.17, 15) is 28.8 Å². The van der Waals surface area contributed by atoms with E-state index in [-0.39, 0.29) is 85.8 Å². The molecule has 4 saturated carbocycles. The van der Waals surface area contributed by atoms with E-state index in [4.69, 9.17) is 42.1 Å². The van der Waals surface area contributed by atoms with Crippen LogP contribution in [0.4, 0.5) is 9.59 Å². The van der Waals surface area contributed by atoms with E-state index in [1.165, 1.54) is 12.1 Å². The Hall–Kier alpha value is -8.16. The predicted molar refractivity (Wildman–Crippen MR) is 324 cm³/mol. The van der Waals surface area contributed by atoms with E-state index in [1.54, 1.807) is 58.3 Å². The van der Waals surface area contributed by atoms with Crippen LogP contribution in [0.2, 0.25) is 10.3 Å². The van der Waals surface area contributed by atoms with Crippen LogP contribution in [0.1, 0.15) is 98.1 Å². The van der Waals surface area contributed by atoms with Crippen LogP contribution >= 0.6 is 23.2 Å². The molecule has 0 aliphatic heterocycles. The number of rotatable bonds is 22. The molecule has 3 N–H and O–H groups in total. The second-order valence-electron chi connectivity index (χ2n) is 23.6. The molecule has 2 aromatic heterocycles. The van der Waals surface area contributed by atoms with E-state index < -0.39 is 107 Å². The van der Waals surface area contributed by atoms with Crippen molar-refractivity contribution in [3.63, 3.8) is 0 Å². The minimum Gasteiger partial charge on any atom is -0.458 e. The fourth-order valence-corrected chi connectivity index (χ4v) is 13.9. The third-order valence-corrected chi connectivity index (χ3v) is 17.9. The normalized spacial score (nSPS) is 22.4. The summed E-state index contributed by atoms with van der Waals surface area (Å²) >= 11 is 12.8. The van der Waals surface area contributed by atoms with E-state index in [0.717, 1.165) is 11.1 Å². The zero-order valence-corrected chi connectivity index (χ0v) is 50.4. The van der Waals surface area contributed by atoms with Crippen molar-refractivity contribution in [2.24, 2.45) is 47.3 Å². The molecule has 10 atom stereocenters. The molecule has 87 heavy (non-hydrogen) atoms. The van der Waals surface area contributed by atoms with Gasteiger partial charge in [-0.25, -0.2) is 29.1 Å². The van der Waals surface area contributed by atoms with Gasteiger partial charge in [-0.3, -0.25) is 24.5 Å². The number of nitrogens with zero attached hydrogens (tertiary/aromatic N) is 4. The molecule has 0 spiro atoms. The van der Waals surface area contributed by atoms with Crippen LogP contribution in [0.25, 0.3) is 21.8 Å². The fraction of sp³-hybridized carbons (Fsp3) is 0.424. The Labute approximate surface area is 514 Å². The number of hydrogen-bond acceptors (Lipinski definition) is 14. The topological polar surface area (TPSA) is 242 Å². The van der Waals surface area contributed by atoms with Crippen molar-refractivity contribution in [2.45, 2.75) is 104 Å². The summed E-state index contributed by atoms with van der Waals surface area (Å²) in [6.07, 6.45) is -0.853. The predicted octanol–water partition coefficient (Wildman–Crippen LogP) is 10.1. The number of para-hydroxylation sites is 2. The first-order valence-corrected chi connectivity index (χ1v) is 30.6. The smallest absolute Gasteiger partial charge is 0.410 e. The van der Waals surface area contributed by atoms with Crippen LogP contribution in [-0.4, -0.2) is 118 Å². The van der Waals surface area contributed by atoms with Gasteiger partial charge >= 0.3 is 24.1 Å². The summed E-state index contributed by atoms with van der Waals surface area (Å²) in [7, 11) is 0. The third-order valence-electron chi connectivity index (χ3n) is 17.5. The number of imide groups is 1. The lowest BCUT2D eigenvalue weighted by Gasteiger charge is -2.36. The molecule has 10 unspecified atom stereocenters. The minimum absolute atomic E-state index is 0.0797. The number of esters is 2. The van der Waals surface area contributed by atoms with E-state index in [2.05, 4.69) is 25.9 Å². The number of ether oxygens (including phenoxy) is 4. The lowest BCUT2D eigenvalue weighted by atomic mass is 9.75. The van der Waals surface area contributed by atoms with Crippen molar-refractivity contribution < 1.29 is 57.3 Å². The largest absolute Gasteiger partial charge is 0.458 e. The maximum absolute atomic E-state index is 15.2. The summed E-state index contributed by atoms with van der Waals surface area (Å²) in [5.74, 6) is -10.4. The van der Waals surface area contributed by atoms with Gasteiger partial charge in [-0.05, 0) is 113 Å². The Morgan fingerprint density at radius 3 is 1.28 bits per heavy atom. The monoisotopic (exact) mass is 1220 g/mol. The standard InChI is InChI=1S/C66H71Cl2N7O12/c1-37(2)74(65(82)84-35-39-17-7-5-8-18-39)27-15-25-69-59(76)55-41-29-47(51(31-41)86-63(80)45-33-53(67)71-49-23-13-11-21-43(45)49)57(55)61(78)73-62(79)58-48-30-42(32-52(48)87-64(81)46-34-54(68)72-50-24-14-12-22-44(46)50)56(58)60(77)70-26-16-28-75(38(3)4)66(83)85-36-40-19-9-6-10-20-40/h5-14,17-24,33-34,37-38,41-42,47-48,51-52,55-58H,15-16,25-32,35-36H2,1-4H3,(H,69,76)(H,70,77)(H,73,78,79). The number of pyridine rings is 2. The average Bonchev–Trinajstić information content (AvgIpc) is 1.72. The van der Waals surface area contributed by atoms with Crippen LogP contribution in [0.3, 0.4) is 0 Å². The maximum atomic E-state index is 15.2. The van der Waals surface area contributed by atoms with Gasteiger partial charge in [0.2, 0.25) is 23.6 Å². The second-order valence-corrected chi connectivity index (χ2v) is 24.4. The van der Waals surface area contributed by atoms with Crippen molar-refractivity contribution >= 4 is 92.8 Å². The molecule has 6 amide bonds. The summed E-state index contributed by atoms with van der Waals surface area (Å²) in [5, 5.41) is 9.83. The van der Waals surface area contributed by atoms with Gasteiger partial charge in [0.05, 0.1) is 45.8 Å². The number of aromatic nitrogens is 2. The first kappa shape index (κ1) is 61.9. The van der Waals surface area contributed by atoms with Gasteiger partial charge in [0.1, 0.15) is 35.7 Å². The SMILES string of the molecule is CC(C)N(CCCNC(=O)C1C2CC(OC(=O)c3cc(Cl)nc4ccccc34)C(C2)C1C(=O)NC(=O)C1C2CC(CC2OC(=O)c2cc(Cl)nc3ccccc23)C1C(=O)NCCCN(C(=O)OCc1ccccc1)C(C)C)C(=O)OCc1ccccc1. The van der Waals surface area contributed by atoms with Crippen LogP contribution < -0.4 is 16.0 Å². The number of carbonyl (C=O) groups excluding carboxylic acids is 8. The number of hydrogen-bond donors (Lipinski definition) is 3. The number of fused-ring (bicyclic) bond motifs is 6. The highest BCUT2D eigenvalue weighted by Gasteiger charge is 2.62. The van der Waals surface area contributed by atoms with E-state index >= 15 is 9.59 Å². The van der Waals surface area contributed by atoms with Crippen LogP contribution in [0, 0.1) is 47.3 Å². The lowest BCUT2D eigenvalue weighted by molar-refractivity contribution is -0.147. The van der Waals surface area contributed by atoms with Gasteiger partial charge in [-0.1, -0.05) is 120 Å². The number of halogens is 2. The third kappa shape index (κ3) is 14.2. The maximum Gasteiger partial charge on any atom is 0.410 e. The van der Waals surface area contributed by atoms with Crippen LogP contribution in [0.5, 0.6) is 0 Å². The number of amides is 6. The van der Waals surface area contributed by atoms with Crippen molar-refractivity contribution in [3.05, 3.63) is 154 Å². The van der Waals surface area contributed by atoms with Gasteiger partial charge in [0, 0.05) is 60.9 Å². The molecule has 456 valence electrons. The Morgan fingerprint density at radius 1 is 0.506 bits per heavy atom. The Bertz CT molecular complexity index is 3310. The van der Waals surface area contributed by atoms with Gasteiger partial charge in [-0.15, -0.1) is 0 Å². The summed E-state index contributed by atoms with van der Waals surface area (Å²) < 4.78 is 23.7. The highest BCUT2D eigenvalue weighted by molar-refractivity contribution is 6.31. The molecule has 4 aliphatic rings. The van der Waals surface area contributed by atoms with Gasteiger partial charge in [0.25, 0.3) is 0 Å².